The van der Waals surface area contributed by atoms with E-state index in [-0.39, 0.29) is 51.0 Å². The van der Waals surface area contributed by atoms with Gasteiger partial charge in [0.2, 0.25) is 0 Å². The number of aliphatic hydroxyl groups is 2. The molecule has 7 N–H and O–H groups in total. The number of nitrogens with one attached hydrogen (secondary N) is 2. The van der Waals surface area contributed by atoms with Crippen LogP contribution < -0.4 is 15.5 Å². The number of phenols is 3. The summed E-state index contributed by atoms with van der Waals surface area (Å²) in [6.45, 7) is 15.4. The van der Waals surface area contributed by atoms with E-state index in [1.165, 1.54) is 46.3 Å². The molecule has 2 aromatic carbocycles. The highest BCUT2D eigenvalue weighted by atomic mass is 16.7. The minimum Gasteiger partial charge on any atom is -0.507 e. The number of carbonyl (C=O) groups excluding carboxylic acids is 3. The van der Waals surface area contributed by atoms with Crippen LogP contribution in [0.25, 0.3) is 10.8 Å². The molecule has 4 aliphatic rings. The predicted octanol–water partition coefficient (Wildman–Crippen LogP) is 4.01. The van der Waals surface area contributed by atoms with Crippen LogP contribution >= 0.6 is 0 Å². The molecule has 4 heterocycles. The van der Waals surface area contributed by atoms with Gasteiger partial charge in [0.25, 0.3) is 11.7 Å². The number of allylic oxidation sites excluding steroid dienone is 2. The van der Waals surface area contributed by atoms with Crippen molar-refractivity contribution < 1.29 is 58.9 Å². The van der Waals surface area contributed by atoms with Gasteiger partial charge >= 0.3 is 11.8 Å². The van der Waals surface area contributed by atoms with Crippen molar-refractivity contribution in [3.05, 3.63) is 52.8 Å². The average molecular weight is 825 g/mol. The molecule has 0 aliphatic carbocycles. The maximum Gasteiger partial charge on any atom is 0.312 e. The lowest BCUT2D eigenvalue weighted by molar-refractivity contribution is -0.160. The number of piperazine rings is 1. The Bertz CT molecular complexity index is 2020. The van der Waals surface area contributed by atoms with Crippen LogP contribution in [0, 0.1) is 30.6 Å². The maximum absolute atomic E-state index is 14.4. The summed E-state index contributed by atoms with van der Waals surface area (Å²) in [6, 6.07) is 0. The monoisotopic (exact) mass is 824 g/mol. The number of carbonyl (C=O) groups is 3. The second-order valence-electron chi connectivity index (χ2n) is 16.3. The molecule has 16 nitrogen and oxygen atoms in total. The summed E-state index contributed by atoms with van der Waals surface area (Å²) in [5.74, 6) is -8.05. The molecular weight excluding hydrogens is 764 g/mol. The third-order valence-corrected chi connectivity index (χ3v) is 12.1. The van der Waals surface area contributed by atoms with E-state index >= 15 is 0 Å². The summed E-state index contributed by atoms with van der Waals surface area (Å²) in [7, 11) is 3.45. The second-order valence-corrected chi connectivity index (χ2v) is 16.3. The van der Waals surface area contributed by atoms with E-state index in [1.54, 1.807) is 46.8 Å². The van der Waals surface area contributed by atoms with E-state index in [2.05, 4.69) is 15.6 Å². The standard InChI is InChI=1S/C43H60N4O12/c1-21-12-11-13-22(2)42(55)45-33-28(20-44-47-17-15-46(9)16-18-47)37(52)30-31(38(33)53)36(51)26(6)40-32(30)41(54)43(8,59-40)57-19-14-29(56-10)23(3)39(58-27(7)48)25(5)35(50)24(4)34(21)49/h11-14,19,21,23-25,29,34-35,39,44,49-53H,15-18,20H2,1-10H3,(H,45,55)/b12-11+,19-14+,22-13-/t21-,23+,24+,25+,29-,34-,35+,39+,43-/m0/s1. The van der Waals surface area contributed by atoms with E-state index in [0.717, 1.165) is 13.1 Å². The molecule has 1 saturated heterocycles. The van der Waals surface area contributed by atoms with Crippen molar-refractivity contribution in [2.24, 2.45) is 23.7 Å². The number of methoxy groups -OCH3 is 1. The first-order chi connectivity index (χ1) is 27.7. The van der Waals surface area contributed by atoms with Crippen LogP contribution in [0.5, 0.6) is 23.0 Å². The first kappa shape index (κ1) is 45.4. The number of Topliss-reactive ketones (excluding diaryl/α,β-unsaturated/α-hetero) is 1. The highest BCUT2D eigenvalue weighted by molar-refractivity contribution is 6.22. The number of rotatable bonds is 5. The van der Waals surface area contributed by atoms with Crippen LogP contribution in [0.3, 0.4) is 0 Å². The van der Waals surface area contributed by atoms with Crippen molar-refractivity contribution in [3.63, 3.8) is 0 Å². The molecule has 0 unspecified atom stereocenters. The first-order valence-electron chi connectivity index (χ1n) is 20.0. The van der Waals surface area contributed by atoms with E-state index in [9.17, 15) is 39.9 Å². The number of ether oxygens (including phenoxy) is 4. The largest absolute Gasteiger partial charge is 0.507 e. The third kappa shape index (κ3) is 9.07. The van der Waals surface area contributed by atoms with Crippen molar-refractivity contribution in [2.75, 3.05) is 45.7 Å². The van der Waals surface area contributed by atoms with Crippen LogP contribution in [0.4, 0.5) is 5.69 Å². The molecule has 2 aromatic rings. The summed E-state index contributed by atoms with van der Waals surface area (Å²) in [5, 5.41) is 62.7. The number of aromatic hydroxyl groups is 3. The van der Waals surface area contributed by atoms with Gasteiger partial charge in [-0.1, -0.05) is 45.9 Å². The molecule has 1 fully saturated rings. The Morgan fingerprint density at radius 3 is 2.24 bits per heavy atom. The molecule has 9 atom stereocenters. The normalized spacial score (nSPS) is 32.2. The molecule has 5 bridgehead atoms. The highest BCUT2D eigenvalue weighted by Crippen LogP contribution is 2.55. The number of hydrogen-bond acceptors (Lipinski definition) is 15. The van der Waals surface area contributed by atoms with Crippen molar-refractivity contribution >= 4 is 34.1 Å². The number of hydrogen-bond donors (Lipinski definition) is 7. The number of aliphatic hydroxyl groups excluding tert-OH is 2. The smallest absolute Gasteiger partial charge is 0.312 e. The molecule has 0 saturated carbocycles. The Morgan fingerprint density at radius 2 is 1.61 bits per heavy atom. The van der Waals surface area contributed by atoms with Crippen molar-refractivity contribution in [1.82, 2.24) is 15.3 Å². The number of hydrazine groups is 1. The fourth-order valence-corrected chi connectivity index (χ4v) is 8.11. The molecule has 59 heavy (non-hydrogen) atoms. The van der Waals surface area contributed by atoms with Gasteiger partial charge in [0.1, 0.15) is 23.4 Å². The average Bonchev–Trinajstić information content (AvgIpc) is 3.46. The third-order valence-electron chi connectivity index (χ3n) is 12.1. The summed E-state index contributed by atoms with van der Waals surface area (Å²) < 4.78 is 23.6. The molecule has 16 heteroatoms. The second kappa shape index (κ2) is 18.3. The summed E-state index contributed by atoms with van der Waals surface area (Å²) >= 11 is 0. The summed E-state index contributed by atoms with van der Waals surface area (Å²) in [6.07, 6.45) is 3.66. The number of fused-ring (bicyclic) bond motifs is 14. The maximum atomic E-state index is 14.4. The minimum atomic E-state index is -2.02. The van der Waals surface area contributed by atoms with E-state index in [0.29, 0.717) is 13.1 Å². The van der Waals surface area contributed by atoms with Gasteiger partial charge in [-0.25, -0.2) is 5.01 Å². The molecule has 1 amide bonds. The summed E-state index contributed by atoms with van der Waals surface area (Å²) in [4.78, 5) is 42.7. The van der Waals surface area contributed by atoms with Gasteiger partial charge in [-0.2, -0.15) is 0 Å². The Kier molecular flexibility index (Phi) is 14.1. The number of phenolic OH excluding ortho intramolecular Hbond substituents is 3. The van der Waals surface area contributed by atoms with Gasteiger partial charge in [-0.15, -0.1) is 0 Å². The van der Waals surface area contributed by atoms with Gasteiger partial charge < -0.3 is 54.7 Å². The van der Waals surface area contributed by atoms with Crippen LogP contribution in [0.1, 0.15) is 70.0 Å². The van der Waals surface area contributed by atoms with Gasteiger partial charge in [0.05, 0.1) is 41.2 Å². The van der Waals surface area contributed by atoms with E-state index < -0.39 is 88.8 Å². The van der Waals surface area contributed by atoms with Crippen LogP contribution in [-0.4, -0.2) is 124 Å². The summed E-state index contributed by atoms with van der Waals surface area (Å²) in [5.41, 5.74) is 3.26. The number of benzene rings is 2. The number of likely N-dealkylation sites (N-methyl/N-ethyl adjacent to an activating group) is 1. The lowest BCUT2D eigenvalue weighted by atomic mass is 9.78. The molecule has 0 aromatic heterocycles. The SMILES string of the molecule is CO[C@H]1/C=C/O[C@@]2(C)Oc3c(C)c(O)c4c(O)c(c(CNN5CCN(C)CC5)c(O)c4c3C2=O)NC(=O)/C(C)=C\C=C\[C@H](C)[C@H](O)[C@@H](C)[C@@H](O)[C@@H](C)[C@H](OC(C)=O)[C@@H]1C. The molecule has 0 spiro atoms. The Labute approximate surface area is 345 Å². The van der Waals surface area contributed by atoms with Crippen molar-refractivity contribution in [2.45, 2.75) is 92.1 Å². The molecule has 4 aliphatic heterocycles. The fourth-order valence-electron chi connectivity index (χ4n) is 8.11. The molecule has 0 radical (unpaired) electrons. The zero-order valence-corrected chi connectivity index (χ0v) is 35.5. The molecule has 324 valence electrons. The zero-order valence-electron chi connectivity index (χ0n) is 35.5. The van der Waals surface area contributed by atoms with Gasteiger partial charge in [-0.3, -0.25) is 19.8 Å². The predicted molar refractivity (Wildman–Crippen MR) is 220 cm³/mol. The molecular formula is C43H60N4O12. The number of amides is 1. The Balaban J connectivity index is 1.68. The number of ketones is 1. The van der Waals surface area contributed by atoms with E-state index in [4.69, 9.17) is 18.9 Å². The van der Waals surface area contributed by atoms with Crippen LogP contribution in [-0.2, 0) is 30.3 Å². The number of esters is 1. The van der Waals surface area contributed by atoms with Crippen LogP contribution in [0.15, 0.2) is 36.1 Å². The quantitative estimate of drug-likeness (QED) is 0.129. The lowest BCUT2D eigenvalue weighted by Crippen LogP contribution is -2.50. The lowest BCUT2D eigenvalue weighted by Gasteiger charge is -2.38. The van der Waals surface area contributed by atoms with Crippen LogP contribution in [0.2, 0.25) is 0 Å². The topological polar surface area (TPSA) is 220 Å². The van der Waals surface area contributed by atoms with Gasteiger partial charge in [0.15, 0.2) is 5.75 Å². The first-order valence-corrected chi connectivity index (χ1v) is 20.0. The van der Waals surface area contributed by atoms with Gasteiger partial charge in [0, 0.05) is 99.4 Å². The van der Waals surface area contributed by atoms with E-state index in [1.807, 2.05) is 12.1 Å². The number of nitrogens with zero attached hydrogens (tertiary/aromatic N) is 2. The van der Waals surface area contributed by atoms with Gasteiger partial charge in [-0.05, 0) is 27.0 Å². The minimum absolute atomic E-state index is 0.0468. The van der Waals surface area contributed by atoms with Crippen molar-refractivity contribution in [1.29, 1.82) is 0 Å². The Hall–Kier alpha value is -4.71. The fraction of sp³-hybridized carbons (Fsp3) is 0.558. The van der Waals surface area contributed by atoms with Crippen molar-refractivity contribution in [3.8, 4) is 23.0 Å². The Morgan fingerprint density at radius 1 is 0.949 bits per heavy atom. The highest BCUT2D eigenvalue weighted by Gasteiger charge is 2.50. The molecule has 6 rings (SSSR count). The zero-order chi connectivity index (χ0) is 43.7. The number of anilines is 1.